The molecule has 1 aromatic carbocycles. The summed E-state index contributed by atoms with van der Waals surface area (Å²) >= 11 is 18.0. The zero-order valence-corrected chi connectivity index (χ0v) is 14.3. The lowest BCUT2D eigenvalue weighted by molar-refractivity contribution is 0.121. The van der Waals surface area contributed by atoms with Crippen LogP contribution in [0.3, 0.4) is 0 Å². The molecule has 0 aliphatic carbocycles. The van der Waals surface area contributed by atoms with Gasteiger partial charge in [0.1, 0.15) is 0 Å². The molecule has 1 aromatic rings. The average Bonchev–Trinajstić information content (AvgIpc) is 2.37. The predicted molar refractivity (Wildman–Crippen MR) is 81.9 cm³/mol. The second-order valence-corrected chi connectivity index (χ2v) is 6.75. The van der Waals surface area contributed by atoms with Crippen LogP contribution in [0.15, 0.2) is 18.2 Å². The Labute approximate surface area is 133 Å². The second-order valence-electron chi connectivity index (χ2n) is 3.71. The van der Waals surface area contributed by atoms with Gasteiger partial charge in [0.25, 0.3) is 0 Å². The fourth-order valence-electron chi connectivity index (χ4n) is 1.43. The molecule has 114 valence electrons. The summed E-state index contributed by atoms with van der Waals surface area (Å²) in [6, 6.07) is 4.94. The Bertz CT molecular complexity index is 474. The number of rotatable bonds is 8. The lowest BCUT2D eigenvalue weighted by atomic mass is 10.1. The van der Waals surface area contributed by atoms with Crippen molar-refractivity contribution >= 4 is 42.6 Å². The first-order valence-electron chi connectivity index (χ1n) is 6.04. The van der Waals surface area contributed by atoms with Crippen LogP contribution in [0.5, 0.6) is 0 Å². The lowest BCUT2D eigenvalue weighted by Crippen LogP contribution is -2.06. The minimum absolute atomic E-state index is 0.0554. The molecule has 1 rings (SSSR count). The van der Waals surface area contributed by atoms with E-state index in [1.807, 2.05) is 0 Å². The van der Waals surface area contributed by atoms with Gasteiger partial charge < -0.3 is 0 Å². The van der Waals surface area contributed by atoms with Crippen LogP contribution in [0, 0.1) is 0 Å². The molecule has 20 heavy (non-hydrogen) atoms. The Balaban J connectivity index is 2.70. The van der Waals surface area contributed by atoms with E-state index in [1.54, 1.807) is 32.0 Å². The van der Waals surface area contributed by atoms with Gasteiger partial charge in [-0.05, 0) is 31.5 Å². The van der Waals surface area contributed by atoms with Crippen LogP contribution < -0.4 is 0 Å². The maximum Gasteiger partial charge on any atom is 0.474 e. The van der Waals surface area contributed by atoms with Crippen molar-refractivity contribution in [3.8, 4) is 0 Å². The number of hydrogen-bond acceptors (Lipinski definition) is 4. The highest BCUT2D eigenvalue weighted by molar-refractivity contribution is 7.48. The minimum Gasteiger partial charge on any atom is -0.287 e. The van der Waals surface area contributed by atoms with Crippen LogP contribution in [0.1, 0.15) is 24.8 Å². The molecule has 0 fully saturated rings. The summed E-state index contributed by atoms with van der Waals surface area (Å²) in [6.07, 6.45) is 0. The Kier molecular flexibility index (Phi) is 7.84. The van der Waals surface area contributed by atoms with E-state index in [0.717, 1.165) is 0 Å². The summed E-state index contributed by atoms with van der Waals surface area (Å²) in [4.78, 5) is 0. The summed E-state index contributed by atoms with van der Waals surface area (Å²) in [6.45, 7) is 3.77. The van der Waals surface area contributed by atoms with Crippen LogP contribution in [0.4, 0.5) is 0 Å². The number of phosphoric acid groups is 1. The van der Waals surface area contributed by atoms with E-state index in [4.69, 9.17) is 48.4 Å². The lowest BCUT2D eigenvalue weighted by Gasteiger charge is -2.18. The molecule has 0 N–H and O–H groups in total. The van der Waals surface area contributed by atoms with E-state index in [-0.39, 0.29) is 19.8 Å². The van der Waals surface area contributed by atoms with Crippen molar-refractivity contribution in [2.45, 2.75) is 19.2 Å². The normalized spacial score (nSPS) is 13.4. The molecule has 0 aliphatic rings. The molecule has 0 saturated heterocycles. The van der Waals surface area contributed by atoms with Gasteiger partial charge in [-0.25, -0.2) is 4.57 Å². The highest BCUT2D eigenvalue weighted by Crippen LogP contribution is 2.50. The third kappa shape index (κ3) is 5.53. The molecule has 0 spiro atoms. The Morgan fingerprint density at radius 2 is 1.75 bits per heavy atom. The van der Waals surface area contributed by atoms with Crippen LogP contribution in [0.25, 0.3) is 0 Å². The van der Waals surface area contributed by atoms with Crippen molar-refractivity contribution < 1.29 is 18.1 Å². The molecule has 1 unspecified atom stereocenters. The highest BCUT2D eigenvalue weighted by Gasteiger charge is 2.27. The molecule has 0 radical (unpaired) electrons. The quantitative estimate of drug-likeness (QED) is 0.455. The first-order valence-corrected chi connectivity index (χ1v) is 8.69. The number of halogens is 3. The van der Waals surface area contributed by atoms with Gasteiger partial charge in [-0.2, -0.15) is 0 Å². The summed E-state index contributed by atoms with van der Waals surface area (Å²) in [5.41, 5.74) is 0.636. The zero-order valence-electron chi connectivity index (χ0n) is 11.1. The van der Waals surface area contributed by atoms with Gasteiger partial charge in [-0.3, -0.25) is 13.6 Å². The second kappa shape index (κ2) is 8.60. The van der Waals surface area contributed by atoms with Gasteiger partial charge in [0.2, 0.25) is 0 Å². The third-order valence-electron chi connectivity index (χ3n) is 2.25. The van der Waals surface area contributed by atoms with Crippen LogP contribution in [0.2, 0.25) is 10.0 Å². The standard InChI is InChI=1S/C12H16Cl3O4P/c1-3-17-20(16,18-4-2)19-8-12(15)10-6-5-9(13)7-11(10)14/h5-7,12H,3-4,8H2,1-2H3. The Hall–Kier alpha value is 0.200. The van der Waals surface area contributed by atoms with Gasteiger partial charge in [-0.15, -0.1) is 11.6 Å². The van der Waals surface area contributed by atoms with E-state index in [2.05, 4.69) is 0 Å². The van der Waals surface area contributed by atoms with E-state index < -0.39 is 13.2 Å². The van der Waals surface area contributed by atoms with Gasteiger partial charge in [0, 0.05) is 10.0 Å². The fourth-order valence-corrected chi connectivity index (χ4v) is 3.55. The summed E-state index contributed by atoms with van der Waals surface area (Å²) < 4.78 is 27.3. The summed E-state index contributed by atoms with van der Waals surface area (Å²) in [5.74, 6) is 0. The summed E-state index contributed by atoms with van der Waals surface area (Å²) in [7, 11) is -3.57. The molecule has 0 amide bonds. The fraction of sp³-hybridized carbons (Fsp3) is 0.500. The third-order valence-corrected chi connectivity index (χ3v) is 4.79. The Morgan fingerprint density at radius 3 is 2.25 bits per heavy atom. The molecule has 0 bridgehead atoms. The predicted octanol–water partition coefficient (Wildman–Crippen LogP) is 5.47. The van der Waals surface area contributed by atoms with E-state index in [1.165, 1.54) is 0 Å². The van der Waals surface area contributed by atoms with E-state index in [0.29, 0.717) is 15.6 Å². The Morgan fingerprint density at radius 1 is 1.15 bits per heavy atom. The molecule has 0 aromatic heterocycles. The average molecular weight is 362 g/mol. The van der Waals surface area contributed by atoms with Gasteiger partial charge >= 0.3 is 7.82 Å². The molecule has 8 heteroatoms. The smallest absolute Gasteiger partial charge is 0.287 e. The maximum atomic E-state index is 12.1. The summed E-state index contributed by atoms with van der Waals surface area (Å²) in [5, 5.41) is 0.343. The molecule has 4 nitrogen and oxygen atoms in total. The molecule has 1 atom stereocenters. The minimum atomic E-state index is -3.57. The van der Waals surface area contributed by atoms with Crippen molar-refractivity contribution in [3.63, 3.8) is 0 Å². The van der Waals surface area contributed by atoms with Crippen molar-refractivity contribution in [3.05, 3.63) is 33.8 Å². The van der Waals surface area contributed by atoms with Crippen molar-refractivity contribution in [2.75, 3.05) is 19.8 Å². The van der Waals surface area contributed by atoms with Crippen LogP contribution in [-0.4, -0.2) is 19.8 Å². The van der Waals surface area contributed by atoms with Gasteiger partial charge in [0.15, 0.2) is 0 Å². The van der Waals surface area contributed by atoms with Crippen molar-refractivity contribution in [2.24, 2.45) is 0 Å². The van der Waals surface area contributed by atoms with E-state index >= 15 is 0 Å². The first kappa shape index (κ1) is 18.2. The van der Waals surface area contributed by atoms with Crippen LogP contribution >= 0.6 is 42.6 Å². The molecule has 0 aliphatic heterocycles. The molecular formula is C12H16Cl3O4P. The number of hydrogen-bond donors (Lipinski definition) is 0. The maximum absolute atomic E-state index is 12.1. The van der Waals surface area contributed by atoms with Gasteiger partial charge in [-0.1, -0.05) is 29.3 Å². The number of alkyl halides is 1. The number of benzene rings is 1. The largest absolute Gasteiger partial charge is 0.474 e. The van der Waals surface area contributed by atoms with E-state index in [9.17, 15) is 4.57 Å². The van der Waals surface area contributed by atoms with Gasteiger partial charge in [0.05, 0.1) is 25.2 Å². The monoisotopic (exact) mass is 360 g/mol. The molecular weight excluding hydrogens is 345 g/mol. The topological polar surface area (TPSA) is 44.8 Å². The number of phosphoric ester groups is 1. The molecule has 0 saturated carbocycles. The molecule has 0 heterocycles. The zero-order chi connectivity index (χ0) is 15.2. The van der Waals surface area contributed by atoms with Crippen molar-refractivity contribution in [1.82, 2.24) is 0 Å². The first-order chi connectivity index (χ1) is 9.41. The highest BCUT2D eigenvalue weighted by atomic mass is 35.5. The SMILES string of the molecule is CCOP(=O)(OCC)OCC(Cl)c1ccc(Cl)cc1Cl. The van der Waals surface area contributed by atoms with Crippen molar-refractivity contribution in [1.29, 1.82) is 0 Å². The van der Waals surface area contributed by atoms with Crippen LogP contribution in [-0.2, 0) is 18.1 Å².